The van der Waals surface area contributed by atoms with Gasteiger partial charge >= 0.3 is 5.78 Å². The lowest BCUT2D eigenvalue weighted by atomic mass is 10.4. The number of carbonyl (C=O) groups is 1. The molecule has 3 aromatic rings. The van der Waals surface area contributed by atoms with Gasteiger partial charge in [0.05, 0.1) is 12.4 Å². The van der Waals surface area contributed by atoms with Crippen LogP contribution in [0.5, 0.6) is 0 Å². The van der Waals surface area contributed by atoms with Gasteiger partial charge in [0.25, 0.3) is 11.8 Å². The van der Waals surface area contributed by atoms with E-state index in [1.54, 1.807) is 11.3 Å². The SMILES string of the molecule is O=C(c1ncco1)c1ncco1.c1ccsc1. The monoisotopic (exact) mass is 248 g/mol. The quantitative estimate of drug-likeness (QED) is 0.652. The van der Waals surface area contributed by atoms with E-state index in [2.05, 4.69) is 9.97 Å². The van der Waals surface area contributed by atoms with E-state index in [1.807, 2.05) is 22.9 Å². The van der Waals surface area contributed by atoms with E-state index in [-0.39, 0.29) is 11.8 Å². The molecule has 0 aliphatic carbocycles. The average molecular weight is 248 g/mol. The van der Waals surface area contributed by atoms with E-state index < -0.39 is 5.78 Å². The highest BCUT2D eigenvalue weighted by molar-refractivity contribution is 7.07. The van der Waals surface area contributed by atoms with Crippen molar-refractivity contribution in [3.8, 4) is 0 Å². The molecule has 0 bridgehead atoms. The first kappa shape index (κ1) is 11.3. The van der Waals surface area contributed by atoms with Crippen LogP contribution in [0, 0.1) is 0 Å². The Morgan fingerprint density at radius 3 is 1.82 bits per heavy atom. The number of aromatic nitrogens is 2. The molecule has 3 aromatic heterocycles. The molecule has 0 spiro atoms. The number of hydrogen-bond donors (Lipinski definition) is 0. The maximum atomic E-state index is 11.3. The zero-order chi connectivity index (χ0) is 11.9. The molecule has 5 nitrogen and oxygen atoms in total. The highest BCUT2D eigenvalue weighted by Crippen LogP contribution is 2.04. The fraction of sp³-hybridized carbons (Fsp3) is 0. The first-order valence-corrected chi connectivity index (χ1v) is 5.63. The van der Waals surface area contributed by atoms with Gasteiger partial charge in [-0.15, -0.1) is 0 Å². The third kappa shape index (κ3) is 3.12. The summed E-state index contributed by atoms with van der Waals surface area (Å²) in [6.45, 7) is 0. The Morgan fingerprint density at radius 1 is 1.00 bits per heavy atom. The lowest BCUT2D eigenvalue weighted by Gasteiger charge is -1.86. The summed E-state index contributed by atoms with van der Waals surface area (Å²) >= 11 is 1.71. The van der Waals surface area contributed by atoms with Gasteiger partial charge in [0.1, 0.15) is 12.5 Å². The van der Waals surface area contributed by atoms with E-state index >= 15 is 0 Å². The second kappa shape index (κ2) is 5.76. The number of ketones is 1. The summed E-state index contributed by atoms with van der Waals surface area (Å²) in [7, 11) is 0. The summed E-state index contributed by atoms with van der Waals surface area (Å²) in [5.74, 6) is -0.486. The van der Waals surface area contributed by atoms with Crippen molar-refractivity contribution in [2.45, 2.75) is 0 Å². The van der Waals surface area contributed by atoms with Gasteiger partial charge in [0, 0.05) is 0 Å². The maximum Gasteiger partial charge on any atom is 0.302 e. The molecule has 17 heavy (non-hydrogen) atoms. The highest BCUT2D eigenvalue weighted by atomic mass is 32.1. The molecule has 0 aliphatic heterocycles. The van der Waals surface area contributed by atoms with Crippen molar-refractivity contribution >= 4 is 17.1 Å². The van der Waals surface area contributed by atoms with Crippen LogP contribution in [0.25, 0.3) is 0 Å². The van der Waals surface area contributed by atoms with Gasteiger partial charge < -0.3 is 8.83 Å². The molecule has 0 aliphatic rings. The minimum absolute atomic E-state index is 0.0162. The number of thiophene rings is 1. The summed E-state index contributed by atoms with van der Waals surface area (Å²) in [6.07, 6.45) is 5.40. The molecule has 0 atom stereocenters. The lowest BCUT2D eigenvalue weighted by Crippen LogP contribution is -2.01. The molecule has 3 heterocycles. The Bertz CT molecular complexity index is 476. The maximum absolute atomic E-state index is 11.3. The second-order valence-corrected chi connectivity index (χ2v) is 3.61. The molecule has 0 saturated heterocycles. The molecule has 86 valence electrons. The number of nitrogens with zero attached hydrogens (tertiary/aromatic N) is 2. The standard InChI is InChI=1S/C7H4N2O3.C4H4S/c10-5(6-8-1-3-11-6)7-9-2-4-12-7;1-2-4-5-3-1/h1-4H;1-4H. The van der Waals surface area contributed by atoms with Gasteiger partial charge in [-0.25, -0.2) is 9.97 Å². The lowest BCUT2D eigenvalue weighted by molar-refractivity contribution is 0.0970. The molecule has 0 saturated carbocycles. The fourth-order valence-electron chi connectivity index (χ4n) is 0.989. The topological polar surface area (TPSA) is 69.1 Å². The van der Waals surface area contributed by atoms with Crippen molar-refractivity contribution in [1.82, 2.24) is 9.97 Å². The van der Waals surface area contributed by atoms with E-state index in [0.29, 0.717) is 0 Å². The van der Waals surface area contributed by atoms with Crippen LogP contribution in [0.15, 0.2) is 56.6 Å². The van der Waals surface area contributed by atoms with Gasteiger partial charge in [0.15, 0.2) is 0 Å². The Kier molecular flexibility index (Phi) is 3.82. The molecule has 0 radical (unpaired) electrons. The van der Waals surface area contributed by atoms with Gasteiger partial charge in [-0.3, -0.25) is 4.79 Å². The highest BCUT2D eigenvalue weighted by Gasteiger charge is 2.17. The number of carbonyl (C=O) groups excluding carboxylic acids is 1. The zero-order valence-electron chi connectivity index (χ0n) is 8.65. The average Bonchev–Trinajstić information content (AvgIpc) is 3.11. The van der Waals surface area contributed by atoms with Gasteiger partial charge in [-0.05, 0) is 10.8 Å². The van der Waals surface area contributed by atoms with Crippen LogP contribution in [0.2, 0.25) is 0 Å². The third-order valence-electron chi connectivity index (χ3n) is 1.68. The van der Waals surface area contributed by atoms with Crippen LogP contribution in [0.3, 0.4) is 0 Å². The van der Waals surface area contributed by atoms with Crippen molar-refractivity contribution in [3.63, 3.8) is 0 Å². The summed E-state index contributed by atoms with van der Waals surface area (Å²) in [5, 5.41) is 4.08. The van der Waals surface area contributed by atoms with Crippen LogP contribution in [-0.4, -0.2) is 15.8 Å². The summed E-state index contributed by atoms with van der Waals surface area (Å²) in [4.78, 5) is 18.6. The van der Waals surface area contributed by atoms with E-state index in [9.17, 15) is 4.79 Å². The first-order valence-electron chi connectivity index (χ1n) is 4.69. The zero-order valence-corrected chi connectivity index (χ0v) is 9.46. The van der Waals surface area contributed by atoms with Crippen molar-refractivity contribution in [2.75, 3.05) is 0 Å². The Hall–Kier alpha value is -2.21. The molecular weight excluding hydrogens is 240 g/mol. The molecule has 0 amide bonds. The van der Waals surface area contributed by atoms with Crippen LogP contribution in [-0.2, 0) is 0 Å². The van der Waals surface area contributed by atoms with Crippen molar-refractivity contribution in [2.24, 2.45) is 0 Å². The molecule has 0 unspecified atom stereocenters. The third-order valence-corrected chi connectivity index (χ3v) is 2.31. The molecule has 0 fully saturated rings. The van der Waals surface area contributed by atoms with Crippen LogP contribution < -0.4 is 0 Å². The van der Waals surface area contributed by atoms with Crippen molar-refractivity contribution in [3.05, 3.63) is 59.6 Å². The first-order chi connectivity index (χ1) is 8.38. The van der Waals surface area contributed by atoms with E-state index in [1.165, 1.54) is 24.9 Å². The van der Waals surface area contributed by atoms with E-state index in [0.717, 1.165) is 0 Å². The molecule has 0 N–H and O–H groups in total. The molecule has 3 rings (SSSR count). The van der Waals surface area contributed by atoms with Gasteiger partial charge in [0.2, 0.25) is 0 Å². The minimum Gasteiger partial charge on any atom is -0.442 e. The molecule has 0 aromatic carbocycles. The van der Waals surface area contributed by atoms with Crippen LogP contribution in [0.4, 0.5) is 0 Å². The summed E-state index contributed by atoms with van der Waals surface area (Å²) in [5.41, 5.74) is 0. The second-order valence-electron chi connectivity index (χ2n) is 2.80. The Morgan fingerprint density at radius 2 is 1.53 bits per heavy atom. The fourth-order valence-corrected chi connectivity index (χ4v) is 1.44. The van der Waals surface area contributed by atoms with Gasteiger partial charge in [-0.1, -0.05) is 12.1 Å². The normalized spacial score (nSPS) is 9.41. The summed E-state index contributed by atoms with van der Waals surface area (Å²) in [6, 6.07) is 4.04. The van der Waals surface area contributed by atoms with Crippen molar-refractivity contribution in [1.29, 1.82) is 0 Å². The number of rotatable bonds is 2. The van der Waals surface area contributed by atoms with Gasteiger partial charge in [-0.2, -0.15) is 11.3 Å². The number of hydrogen-bond acceptors (Lipinski definition) is 6. The molecule has 6 heteroatoms. The minimum atomic E-state index is -0.454. The Balaban J connectivity index is 0.000000181. The summed E-state index contributed by atoms with van der Waals surface area (Å²) < 4.78 is 9.52. The van der Waals surface area contributed by atoms with E-state index in [4.69, 9.17) is 8.83 Å². The van der Waals surface area contributed by atoms with Crippen LogP contribution >= 0.6 is 11.3 Å². The predicted molar refractivity (Wildman–Crippen MR) is 60.8 cm³/mol. The Labute approximate surface area is 101 Å². The molecular formula is C11H8N2O3S. The number of oxazole rings is 2. The predicted octanol–water partition coefficient (Wildman–Crippen LogP) is 2.64. The van der Waals surface area contributed by atoms with Crippen LogP contribution in [0.1, 0.15) is 16.6 Å². The van der Waals surface area contributed by atoms with Crippen molar-refractivity contribution < 1.29 is 13.6 Å². The smallest absolute Gasteiger partial charge is 0.302 e. The largest absolute Gasteiger partial charge is 0.442 e.